The second kappa shape index (κ2) is 1.83. The van der Waals surface area contributed by atoms with E-state index in [9.17, 15) is 0 Å². The molecule has 1 fully saturated rings. The van der Waals surface area contributed by atoms with E-state index in [0.29, 0.717) is 4.75 Å². The van der Waals surface area contributed by atoms with Gasteiger partial charge in [-0.05, 0) is 26.7 Å². The Morgan fingerprint density at radius 3 is 2.25 bits per heavy atom. The highest BCUT2D eigenvalue weighted by Gasteiger charge is 2.27. The van der Waals surface area contributed by atoms with Crippen molar-refractivity contribution in [3.05, 3.63) is 0 Å². The zero-order valence-electron chi connectivity index (χ0n) is 5.53. The van der Waals surface area contributed by atoms with E-state index < -0.39 is 0 Å². The fraction of sp³-hybridized carbons (Fsp3) is 1.00. The van der Waals surface area contributed by atoms with Gasteiger partial charge < -0.3 is 0 Å². The lowest BCUT2D eigenvalue weighted by atomic mass is 10.1. The Balaban J connectivity index is 2.68. The first kappa shape index (κ1) is 6.27. The lowest BCUT2D eigenvalue weighted by Crippen LogP contribution is -2.18. The summed E-state index contributed by atoms with van der Waals surface area (Å²) >= 11 is 0. The number of hydrogen-bond donors (Lipinski definition) is 1. The number of nitrogens with one attached hydrogen (secondary N) is 1. The van der Waals surface area contributed by atoms with Crippen LogP contribution in [0.25, 0.3) is 0 Å². The summed E-state index contributed by atoms with van der Waals surface area (Å²) in [5.41, 5.74) is 0. The average Bonchev–Trinajstić information content (AvgIpc) is 1.86. The van der Waals surface area contributed by atoms with Gasteiger partial charge in [0.15, 0.2) is 0 Å². The smallest absolute Gasteiger partial charge is 0.0209 e. The summed E-state index contributed by atoms with van der Waals surface area (Å²) in [6.45, 7) is 4.41. The Kier molecular flexibility index (Phi) is 1.44. The lowest BCUT2D eigenvalue weighted by Gasteiger charge is -2.16. The van der Waals surface area contributed by atoms with Gasteiger partial charge in [-0.2, -0.15) is 0 Å². The van der Waals surface area contributed by atoms with Crippen LogP contribution >= 0.6 is 0 Å². The predicted octanol–water partition coefficient (Wildman–Crippen LogP) is 1.94. The summed E-state index contributed by atoms with van der Waals surface area (Å²) in [4.78, 5) is 0. The van der Waals surface area contributed by atoms with Crippen LogP contribution in [0, 0.1) is 4.78 Å². The minimum absolute atomic E-state index is 0.0332. The van der Waals surface area contributed by atoms with Gasteiger partial charge in [0.1, 0.15) is 0 Å². The van der Waals surface area contributed by atoms with Crippen LogP contribution in [-0.2, 0) is 10.7 Å². The van der Waals surface area contributed by atoms with Gasteiger partial charge in [-0.1, -0.05) is 10.7 Å². The number of hydrogen-bond acceptors (Lipinski definition) is 1. The van der Waals surface area contributed by atoms with E-state index >= 15 is 0 Å². The first-order valence-electron chi connectivity index (χ1n) is 3.05. The Hall–Kier alpha value is 0.150. The van der Waals surface area contributed by atoms with E-state index in [0.717, 1.165) is 5.75 Å². The van der Waals surface area contributed by atoms with Gasteiger partial charge in [-0.3, -0.25) is 4.78 Å². The molecular formula is C6H13NS. The molecule has 1 aliphatic rings. The Bertz CT molecular complexity index is 118. The largest absolute Gasteiger partial charge is 0.280 e. The molecule has 0 saturated carbocycles. The maximum atomic E-state index is 7.56. The molecule has 0 aliphatic carbocycles. The van der Waals surface area contributed by atoms with Crippen LogP contribution in [0.2, 0.25) is 0 Å². The van der Waals surface area contributed by atoms with Gasteiger partial charge in [0, 0.05) is 10.5 Å². The van der Waals surface area contributed by atoms with Crippen molar-refractivity contribution in [2.75, 3.05) is 5.75 Å². The number of rotatable bonds is 0. The minimum Gasteiger partial charge on any atom is -0.280 e. The molecule has 0 aromatic rings. The van der Waals surface area contributed by atoms with Gasteiger partial charge in [0.2, 0.25) is 0 Å². The molecule has 0 amide bonds. The van der Waals surface area contributed by atoms with Crippen LogP contribution in [0.1, 0.15) is 26.7 Å². The molecule has 48 valence electrons. The van der Waals surface area contributed by atoms with Crippen molar-refractivity contribution < 1.29 is 0 Å². The van der Waals surface area contributed by atoms with Crippen LogP contribution in [0.4, 0.5) is 0 Å². The second-order valence-corrected chi connectivity index (χ2v) is 5.25. The van der Waals surface area contributed by atoms with E-state index in [4.69, 9.17) is 4.78 Å². The molecule has 1 saturated heterocycles. The molecule has 8 heavy (non-hydrogen) atoms. The third-order valence-electron chi connectivity index (χ3n) is 1.79. The molecule has 1 atom stereocenters. The lowest BCUT2D eigenvalue weighted by molar-refractivity contribution is 0.661. The normalized spacial score (nSPS) is 35.5. The van der Waals surface area contributed by atoms with Crippen molar-refractivity contribution in [3.63, 3.8) is 0 Å². The van der Waals surface area contributed by atoms with Gasteiger partial charge in [0.05, 0.1) is 0 Å². The zero-order chi connectivity index (χ0) is 6.20. The van der Waals surface area contributed by atoms with Gasteiger partial charge in [0.25, 0.3) is 0 Å². The summed E-state index contributed by atoms with van der Waals surface area (Å²) in [5, 5.41) is 0. The van der Waals surface area contributed by atoms with E-state index in [1.165, 1.54) is 12.8 Å². The van der Waals surface area contributed by atoms with Gasteiger partial charge in [-0.25, -0.2) is 0 Å². The quantitative estimate of drug-likeness (QED) is 0.519. The topological polar surface area (TPSA) is 23.9 Å². The Labute approximate surface area is 53.4 Å². The first-order chi connectivity index (χ1) is 3.63. The molecule has 0 bridgehead atoms. The summed E-state index contributed by atoms with van der Waals surface area (Å²) in [6.07, 6.45) is 2.54. The van der Waals surface area contributed by atoms with Crippen molar-refractivity contribution in [3.8, 4) is 0 Å². The molecule has 0 radical (unpaired) electrons. The highest BCUT2D eigenvalue weighted by Crippen LogP contribution is 2.27. The molecule has 1 rings (SSSR count). The van der Waals surface area contributed by atoms with E-state index in [1.807, 2.05) is 0 Å². The zero-order valence-corrected chi connectivity index (χ0v) is 6.35. The van der Waals surface area contributed by atoms with Crippen molar-refractivity contribution in [1.29, 1.82) is 4.78 Å². The third kappa shape index (κ3) is 0.943. The molecular weight excluding hydrogens is 118 g/mol. The van der Waals surface area contributed by atoms with E-state index in [2.05, 4.69) is 13.8 Å². The predicted molar refractivity (Wildman–Crippen MR) is 38.3 cm³/mol. The van der Waals surface area contributed by atoms with Crippen LogP contribution in [0.15, 0.2) is 0 Å². The SMILES string of the molecule is CC1(C)CCCS1=N. The summed E-state index contributed by atoms with van der Waals surface area (Å²) in [5.74, 6) is 1.15. The van der Waals surface area contributed by atoms with Crippen LogP contribution in [-0.4, -0.2) is 10.5 Å². The molecule has 0 aromatic heterocycles. The average molecular weight is 131 g/mol. The molecule has 1 N–H and O–H groups in total. The van der Waals surface area contributed by atoms with Gasteiger partial charge in [-0.15, -0.1) is 0 Å². The van der Waals surface area contributed by atoms with E-state index in [1.54, 1.807) is 0 Å². The van der Waals surface area contributed by atoms with Crippen molar-refractivity contribution >= 4 is 10.7 Å². The third-order valence-corrected chi connectivity index (χ3v) is 4.03. The molecule has 1 nitrogen and oxygen atoms in total. The first-order valence-corrected chi connectivity index (χ1v) is 4.44. The second-order valence-electron chi connectivity index (χ2n) is 2.96. The van der Waals surface area contributed by atoms with E-state index in [-0.39, 0.29) is 10.7 Å². The fourth-order valence-electron chi connectivity index (χ4n) is 1.04. The van der Waals surface area contributed by atoms with Crippen LogP contribution in [0.5, 0.6) is 0 Å². The monoisotopic (exact) mass is 131 g/mol. The Morgan fingerprint density at radius 2 is 2.12 bits per heavy atom. The maximum absolute atomic E-state index is 7.56. The minimum atomic E-state index is -0.0332. The maximum Gasteiger partial charge on any atom is 0.0209 e. The van der Waals surface area contributed by atoms with Crippen molar-refractivity contribution in [1.82, 2.24) is 0 Å². The standard InChI is InChI=1S/C6H13NS/c1-6(2)4-3-5-8(6)7/h7H,3-5H2,1-2H3. The van der Waals surface area contributed by atoms with Crippen molar-refractivity contribution in [2.24, 2.45) is 0 Å². The summed E-state index contributed by atoms with van der Waals surface area (Å²) in [7, 11) is -0.0332. The fourth-order valence-corrected chi connectivity index (χ4v) is 2.42. The summed E-state index contributed by atoms with van der Waals surface area (Å²) in [6, 6.07) is 0. The highest BCUT2D eigenvalue weighted by molar-refractivity contribution is 7.87. The molecule has 0 aromatic carbocycles. The molecule has 2 heteroatoms. The Morgan fingerprint density at radius 1 is 1.50 bits per heavy atom. The highest BCUT2D eigenvalue weighted by atomic mass is 32.2. The van der Waals surface area contributed by atoms with Gasteiger partial charge >= 0.3 is 0 Å². The van der Waals surface area contributed by atoms with Crippen molar-refractivity contribution in [2.45, 2.75) is 31.4 Å². The molecule has 0 spiro atoms. The molecule has 1 aliphatic heterocycles. The van der Waals surface area contributed by atoms with Crippen LogP contribution in [0.3, 0.4) is 0 Å². The molecule has 1 heterocycles. The summed E-state index contributed by atoms with van der Waals surface area (Å²) < 4.78 is 7.91. The van der Waals surface area contributed by atoms with Crippen LogP contribution < -0.4 is 0 Å². The molecule has 1 unspecified atom stereocenters.